The van der Waals surface area contributed by atoms with Crippen molar-refractivity contribution in [2.24, 2.45) is 0 Å². The third-order valence-corrected chi connectivity index (χ3v) is 2.34. The number of benzene rings is 1. The smallest absolute Gasteiger partial charge is 0.412 e. The highest BCUT2D eigenvalue weighted by Gasteiger charge is 2.18. The molecule has 1 N–H and O–H groups in total. The number of hydrogen-bond donors (Lipinski definition) is 1. The summed E-state index contributed by atoms with van der Waals surface area (Å²) in [5.74, 6) is 0.727. The average Bonchev–Trinajstić information content (AvgIpc) is 2.27. The van der Waals surface area contributed by atoms with Crippen LogP contribution in [-0.4, -0.2) is 24.9 Å². The molecule has 1 aliphatic rings. The summed E-state index contributed by atoms with van der Waals surface area (Å²) in [6.07, 6.45) is 2.78. The summed E-state index contributed by atoms with van der Waals surface area (Å²) in [5, 5.41) is 8.97. The predicted molar refractivity (Wildman–Crippen MR) is 57.4 cm³/mol. The Balaban J connectivity index is 2.46. The average molecular weight is 205 g/mol. The van der Waals surface area contributed by atoms with Crippen molar-refractivity contribution < 1.29 is 14.6 Å². The molecule has 0 radical (unpaired) electrons. The molecule has 0 aliphatic carbocycles. The van der Waals surface area contributed by atoms with E-state index in [0.29, 0.717) is 12.2 Å². The van der Waals surface area contributed by atoms with Gasteiger partial charge < -0.3 is 9.84 Å². The van der Waals surface area contributed by atoms with Gasteiger partial charge in [0.15, 0.2) is 0 Å². The van der Waals surface area contributed by atoms with Crippen LogP contribution in [0.25, 0.3) is 6.08 Å². The van der Waals surface area contributed by atoms with E-state index in [1.54, 1.807) is 19.2 Å². The number of rotatable bonds is 1. The number of nitrogens with zero attached hydrogens (tertiary/aromatic N) is 1. The molecule has 4 nitrogen and oxygen atoms in total. The molecular formula is C11H11NO3. The Morgan fingerprint density at radius 2 is 2.33 bits per heavy atom. The van der Waals surface area contributed by atoms with E-state index in [9.17, 15) is 4.79 Å². The number of fused-ring (bicyclic) bond motifs is 1. The Hall–Kier alpha value is -1.97. The van der Waals surface area contributed by atoms with E-state index < -0.39 is 6.09 Å². The van der Waals surface area contributed by atoms with Crippen LogP contribution in [-0.2, 0) is 0 Å². The van der Waals surface area contributed by atoms with Crippen molar-refractivity contribution in [1.82, 2.24) is 0 Å². The second-order valence-electron chi connectivity index (χ2n) is 3.22. The molecule has 0 atom stereocenters. The largest absolute Gasteiger partial charge is 0.497 e. The second kappa shape index (κ2) is 3.65. The van der Waals surface area contributed by atoms with Crippen molar-refractivity contribution in [3.8, 4) is 5.75 Å². The Bertz CT molecular complexity index is 426. The first kappa shape index (κ1) is 9.58. The van der Waals surface area contributed by atoms with Crippen LogP contribution in [0.3, 0.4) is 0 Å². The van der Waals surface area contributed by atoms with Crippen LogP contribution in [0.5, 0.6) is 5.75 Å². The summed E-state index contributed by atoms with van der Waals surface area (Å²) in [6, 6.07) is 5.33. The summed E-state index contributed by atoms with van der Waals surface area (Å²) in [7, 11) is 1.59. The highest BCUT2D eigenvalue weighted by atomic mass is 16.5. The maximum atomic E-state index is 10.9. The maximum absolute atomic E-state index is 10.9. The quantitative estimate of drug-likeness (QED) is 0.764. The number of carboxylic acid groups (broad SMARTS) is 1. The third-order valence-electron chi connectivity index (χ3n) is 2.34. The predicted octanol–water partition coefficient (Wildman–Crippen LogP) is 2.21. The molecule has 4 heteroatoms. The van der Waals surface area contributed by atoms with Crippen molar-refractivity contribution in [3.05, 3.63) is 29.8 Å². The van der Waals surface area contributed by atoms with Gasteiger partial charge >= 0.3 is 6.09 Å². The molecule has 0 unspecified atom stereocenters. The zero-order valence-corrected chi connectivity index (χ0v) is 8.30. The molecule has 0 saturated carbocycles. The summed E-state index contributed by atoms with van der Waals surface area (Å²) < 4.78 is 5.08. The van der Waals surface area contributed by atoms with E-state index in [2.05, 4.69) is 0 Å². The van der Waals surface area contributed by atoms with Crippen molar-refractivity contribution >= 4 is 17.9 Å². The lowest BCUT2D eigenvalue weighted by Crippen LogP contribution is -2.31. The number of anilines is 1. The van der Waals surface area contributed by atoms with Gasteiger partial charge in [-0.3, -0.25) is 4.90 Å². The number of hydrogen-bond acceptors (Lipinski definition) is 2. The molecule has 0 fully saturated rings. The molecule has 0 bridgehead atoms. The van der Waals surface area contributed by atoms with Crippen LogP contribution in [0.15, 0.2) is 24.3 Å². The van der Waals surface area contributed by atoms with Crippen molar-refractivity contribution in [2.75, 3.05) is 18.6 Å². The first-order valence-electron chi connectivity index (χ1n) is 4.57. The van der Waals surface area contributed by atoms with E-state index >= 15 is 0 Å². The molecule has 1 heterocycles. The van der Waals surface area contributed by atoms with Gasteiger partial charge in [-0.2, -0.15) is 0 Å². The van der Waals surface area contributed by atoms with Gasteiger partial charge in [0.25, 0.3) is 0 Å². The lowest BCUT2D eigenvalue weighted by Gasteiger charge is -2.23. The minimum atomic E-state index is -0.939. The Kier molecular flexibility index (Phi) is 2.33. The fraction of sp³-hybridized carbons (Fsp3) is 0.182. The molecule has 0 aromatic heterocycles. The third kappa shape index (κ3) is 1.66. The molecule has 0 spiro atoms. The second-order valence-corrected chi connectivity index (χ2v) is 3.22. The van der Waals surface area contributed by atoms with Gasteiger partial charge in [0.1, 0.15) is 5.75 Å². The monoisotopic (exact) mass is 205 g/mol. The van der Waals surface area contributed by atoms with E-state index in [1.807, 2.05) is 18.2 Å². The number of amides is 1. The van der Waals surface area contributed by atoms with Crippen LogP contribution >= 0.6 is 0 Å². The fourth-order valence-corrected chi connectivity index (χ4v) is 1.60. The van der Waals surface area contributed by atoms with Crippen molar-refractivity contribution in [1.29, 1.82) is 0 Å². The van der Waals surface area contributed by atoms with Crippen LogP contribution in [0.4, 0.5) is 10.5 Å². The Labute approximate surface area is 87.4 Å². The van der Waals surface area contributed by atoms with Gasteiger partial charge in [0, 0.05) is 12.1 Å². The molecule has 1 aromatic rings. The van der Waals surface area contributed by atoms with Crippen molar-refractivity contribution in [2.45, 2.75) is 0 Å². The van der Waals surface area contributed by atoms with Crippen LogP contribution in [0, 0.1) is 0 Å². The molecule has 0 saturated heterocycles. The molecule has 1 amide bonds. The summed E-state index contributed by atoms with van der Waals surface area (Å²) >= 11 is 0. The van der Waals surface area contributed by atoms with Crippen molar-refractivity contribution in [3.63, 3.8) is 0 Å². The van der Waals surface area contributed by atoms with Gasteiger partial charge in [-0.15, -0.1) is 0 Å². The van der Waals surface area contributed by atoms with E-state index in [0.717, 1.165) is 11.3 Å². The standard InChI is InChI=1S/C11H11NO3/c1-15-9-4-5-10-8(7-9)3-2-6-12(10)11(13)14/h2-5,7H,6H2,1H3,(H,13,14). The summed E-state index contributed by atoms with van der Waals surface area (Å²) in [4.78, 5) is 12.2. The minimum Gasteiger partial charge on any atom is -0.497 e. The van der Waals surface area contributed by atoms with Gasteiger partial charge in [0.2, 0.25) is 0 Å². The van der Waals surface area contributed by atoms with E-state index in [1.165, 1.54) is 4.90 Å². The zero-order valence-electron chi connectivity index (χ0n) is 8.30. The topological polar surface area (TPSA) is 49.8 Å². The highest BCUT2D eigenvalue weighted by Crippen LogP contribution is 2.29. The first-order chi connectivity index (χ1) is 7.22. The fourth-order valence-electron chi connectivity index (χ4n) is 1.60. The number of carbonyl (C=O) groups is 1. The van der Waals surface area contributed by atoms with Crippen LogP contribution in [0.1, 0.15) is 5.56 Å². The lowest BCUT2D eigenvalue weighted by molar-refractivity contribution is 0.202. The first-order valence-corrected chi connectivity index (χ1v) is 4.57. The normalized spacial score (nSPS) is 13.5. The van der Waals surface area contributed by atoms with Gasteiger partial charge in [-0.1, -0.05) is 12.2 Å². The minimum absolute atomic E-state index is 0.397. The molecule has 2 rings (SSSR count). The summed E-state index contributed by atoms with van der Waals surface area (Å²) in [5.41, 5.74) is 1.56. The maximum Gasteiger partial charge on any atom is 0.412 e. The van der Waals surface area contributed by atoms with Gasteiger partial charge in [-0.05, 0) is 18.2 Å². The highest BCUT2D eigenvalue weighted by molar-refractivity contribution is 5.91. The Morgan fingerprint density at radius 1 is 1.53 bits per heavy atom. The van der Waals surface area contributed by atoms with Gasteiger partial charge in [0.05, 0.1) is 12.8 Å². The molecule has 1 aromatic carbocycles. The number of ether oxygens (including phenoxy) is 1. The lowest BCUT2D eigenvalue weighted by atomic mass is 10.1. The number of methoxy groups -OCH3 is 1. The summed E-state index contributed by atoms with van der Waals surface area (Å²) in [6.45, 7) is 0.397. The van der Waals surface area contributed by atoms with E-state index in [4.69, 9.17) is 9.84 Å². The molecule has 78 valence electrons. The molecular weight excluding hydrogens is 194 g/mol. The van der Waals surface area contributed by atoms with E-state index in [-0.39, 0.29) is 0 Å². The Morgan fingerprint density at radius 3 is 3.00 bits per heavy atom. The molecule has 1 aliphatic heterocycles. The van der Waals surface area contributed by atoms with Crippen LogP contribution in [0.2, 0.25) is 0 Å². The van der Waals surface area contributed by atoms with Gasteiger partial charge in [-0.25, -0.2) is 4.79 Å². The molecule has 15 heavy (non-hydrogen) atoms. The SMILES string of the molecule is COc1ccc2c(c1)C=CCN2C(=O)O. The zero-order chi connectivity index (χ0) is 10.8. The van der Waals surface area contributed by atoms with Crippen LogP contribution < -0.4 is 9.64 Å².